The normalized spacial score (nSPS) is 10.1. The summed E-state index contributed by atoms with van der Waals surface area (Å²) < 4.78 is 12.9. The van der Waals surface area contributed by atoms with Gasteiger partial charge in [-0.3, -0.25) is 4.79 Å². The van der Waals surface area contributed by atoms with Crippen molar-refractivity contribution in [2.24, 2.45) is 0 Å². The minimum atomic E-state index is -0.311. The molecular formula is C14H13FN2O. The van der Waals surface area contributed by atoms with Gasteiger partial charge in [-0.2, -0.15) is 0 Å². The van der Waals surface area contributed by atoms with Crippen LogP contribution in [0.1, 0.15) is 15.9 Å². The van der Waals surface area contributed by atoms with Crippen LogP contribution in [0.2, 0.25) is 0 Å². The van der Waals surface area contributed by atoms with Crippen molar-refractivity contribution in [2.45, 2.75) is 6.54 Å². The van der Waals surface area contributed by atoms with Crippen LogP contribution in [0.4, 0.5) is 10.1 Å². The van der Waals surface area contributed by atoms with E-state index in [1.807, 2.05) is 0 Å². The molecule has 2 aromatic carbocycles. The van der Waals surface area contributed by atoms with E-state index in [0.717, 1.165) is 5.56 Å². The molecule has 0 aliphatic carbocycles. The van der Waals surface area contributed by atoms with E-state index >= 15 is 0 Å². The minimum Gasteiger partial charge on any atom is -0.399 e. The van der Waals surface area contributed by atoms with Crippen molar-refractivity contribution in [3.05, 3.63) is 65.5 Å². The quantitative estimate of drug-likeness (QED) is 0.814. The van der Waals surface area contributed by atoms with Crippen LogP contribution in [0.5, 0.6) is 0 Å². The van der Waals surface area contributed by atoms with Crippen LogP contribution in [-0.4, -0.2) is 5.91 Å². The van der Waals surface area contributed by atoms with Crippen LogP contribution >= 0.6 is 0 Å². The lowest BCUT2D eigenvalue weighted by Gasteiger charge is -2.05. The van der Waals surface area contributed by atoms with Gasteiger partial charge in [0.05, 0.1) is 0 Å². The van der Waals surface area contributed by atoms with E-state index in [2.05, 4.69) is 5.32 Å². The first-order valence-corrected chi connectivity index (χ1v) is 5.53. The maximum atomic E-state index is 12.9. The summed E-state index contributed by atoms with van der Waals surface area (Å²) in [6.45, 7) is 0.293. The van der Waals surface area contributed by atoms with E-state index in [9.17, 15) is 9.18 Å². The Bertz CT molecular complexity index is 552. The summed E-state index contributed by atoms with van der Waals surface area (Å²) in [6, 6.07) is 12.8. The number of carbonyl (C=O) groups is 1. The third-order valence-electron chi connectivity index (χ3n) is 2.51. The number of halogens is 1. The summed E-state index contributed by atoms with van der Waals surface area (Å²) in [5.74, 6) is -0.520. The summed E-state index contributed by atoms with van der Waals surface area (Å²) in [6.07, 6.45) is 0. The molecule has 0 bridgehead atoms. The Morgan fingerprint density at radius 1 is 1.17 bits per heavy atom. The third kappa shape index (κ3) is 3.07. The molecule has 0 aliphatic heterocycles. The van der Waals surface area contributed by atoms with Crippen LogP contribution in [-0.2, 0) is 6.54 Å². The lowest BCUT2D eigenvalue weighted by Crippen LogP contribution is -2.22. The van der Waals surface area contributed by atoms with Crippen molar-refractivity contribution in [2.75, 3.05) is 5.73 Å². The zero-order chi connectivity index (χ0) is 13.0. The molecule has 0 saturated carbocycles. The Balaban J connectivity index is 1.98. The summed E-state index contributed by atoms with van der Waals surface area (Å²) in [4.78, 5) is 11.8. The smallest absolute Gasteiger partial charge is 0.251 e. The van der Waals surface area contributed by atoms with E-state index < -0.39 is 0 Å². The fraction of sp³-hybridized carbons (Fsp3) is 0.0714. The second-order valence-corrected chi connectivity index (χ2v) is 3.93. The number of hydrogen-bond acceptors (Lipinski definition) is 2. The monoisotopic (exact) mass is 244 g/mol. The van der Waals surface area contributed by atoms with E-state index in [1.54, 1.807) is 36.4 Å². The molecule has 0 radical (unpaired) electrons. The first-order valence-electron chi connectivity index (χ1n) is 5.53. The molecule has 92 valence electrons. The Kier molecular flexibility index (Phi) is 3.57. The SMILES string of the molecule is Nc1ccc(C(=O)NCc2cccc(F)c2)cc1. The number of rotatable bonds is 3. The van der Waals surface area contributed by atoms with E-state index in [4.69, 9.17) is 5.73 Å². The van der Waals surface area contributed by atoms with Gasteiger partial charge in [-0.1, -0.05) is 12.1 Å². The third-order valence-corrected chi connectivity index (χ3v) is 2.51. The van der Waals surface area contributed by atoms with Crippen molar-refractivity contribution in [3.63, 3.8) is 0 Å². The molecule has 18 heavy (non-hydrogen) atoms. The van der Waals surface area contributed by atoms with Crippen molar-refractivity contribution in [1.29, 1.82) is 0 Å². The van der Waals surface area contributed by atoms with Gasteiger partial charge in [-0.15, -0.1) is 0 Å². The highest BCUT2D eigenvalue weighted by atomic mass is 19.1. The molecule has 4 heteroatoms. The Morgan fingerprint density at radius 2 is 1.89 bits per heavy atom. The Labute approximate surface area is 104 Å². The standard InChI is InChI=1S/C14H13FN2O/c15-12-3-1-2-10(8-12)9-17-14(18)11-4-6-13(16)7-5-11/h1-8H,9,16H2,(H,17,18). The van der Waals surface area contributed by atoms with Gasteiger partial charge in [0.15, 0.2) is 0 Å². The second kappa shape index (κ2) is 5.31. The number of nitrogens with two attached hydrogens (primary N) is 1. The molecule has 0 spiro atoms. The van der Waals surface area contributed by atoms with Gasteiger partial charge in [-0.05, 0) is 42.0 Å². The maximum Gasteiger partial charge on any atom is 0.251 e. The van der Waals surface area contributed by atoms with Gasteiger partial charge in [0.1, 0.15) is 5.82 Å². The maximum absolute atomic E-state index is 12.9. The summed E-state index contributed by atoms with van der Waals surface area (Å²) in [5.41, 5.74) is 7.39. The molecule has 0 saturated heterocycles. The van der Waals surface area contributed by atoms with E-state index in [-0.39, 0.29) is 11.7 Å². The molecule has 0 heterocycles. The predicted molar refractivity (Wildman–Crippen MR) is 68.4 cm³/mol. The van der Waals surface area contributed by atoms with Crippen LogP contribution < -0.4 is 11.1 Å². The Hall–Kier alpha value is -2.36. The molecule has 0 atom stereocenters. The van der Waals surface area contributed by atoms with Crippen LogP contribution in [0.25, 0.3) is 0 Å². The number of nitrogen functional groups attached to an aromatic ring is 1. The first-order chi connectivity index (χ1) is 8.65. The highest BCUT2D eigenvalue weighted by Crippen LogP contribution is 2.06. The minimum absolute atomic E-state index is 0.209. The summed E-state index contributed by atoms with van der Waals surface area (Å²) in [5, 5.41) is 2.72. The van der Waals surface area contributed by atoms with Gasteiger partial charge in [-0.25, -0.2) is 4.39 Å². The summed E-state index contributed by atoms with van der Waals surface area (Å²) in [7, 11) is 0. The number of nitrogens with one attached hydrogen (secondary N) is 1. The molecule has 0 aliphatic rings. The Morgan fingerprint density at radius 3 is 2.56 bits per heavy atom. The lowest BCUT2D eigenvalue weighted by molar-refractivity contribution is 0.0951. The van der Waals surface area contributed by atoms with Gasteiger partial charge in [0.25, 0.3) is 5.91 Å². The van der Waals surface area contributed by atoms with Crippen molar-refractivity contribution in [1.82, 2.24) is 5.32 Å². The predicted octanol–water partition coefficient (Wildman–Crippen LogP) is 2.34. The number of benzene rings is 2. The van der Waals surface area contributed by atoms with Crippen LogP contribution in [0.3, 0.4) is 0 Å². The van der Waals surface area contributed by atoms with Gasteiger partial charge >= 0.3 is 0 Å². The van der Waals surface area contributed by atoms with Gasteiger partial charge < -0.3 is 11.1 Å². The highest BCUT2D eigenvalue weighted by molar-refractivity contribution is 5.94. The molecule has 3 N–H and O–H groups in total. The van der Waals surface area contributed by atoms with Crippen molar-refractivity contribution < 1.29 is 9.18 Å². The fourth-order valence-corrected chi connectivity index (χ4v) is 1.57. The number of hydrogen-bond donors (Lipinski definition) is 2. The molecule has 2 rings (SSSR count). The zero-order valence-electron chi connectivity index (χ0n) is 9.69. The molecule has 0 unspecified atom stereocenters. The van der Waals surface area contributed by atoms with E-state index in [1.165, 1.54) is 12.1 Å². The second-order valence-electron chi connectivity index (χ2n) is 3.93. The average molecular weight is 244 g/mol. The highest BCUT2D eigenvalue weighted by Gasteiger charge is 2.04. The van der Waals surface area contributed by atoms with Gasteiger partial charge in [0, 0.05) is 17.8 Å². The first kappa shape index (κ1) is 12.1. The molecule has 1 amide bonds. The molecular weight excluding hydrogens is 231 g/mol. The molecule has 0 fully saturated rings. The number of carbonyl (C=O) groups excluding carboxylic acids is 1. The zero-order valence-corrected chi connectivity index (χ0v) is 9.69. The van der Waals surface area contributed by atoms with E-state index in [0.29, 0.717) is 17.8 Å². The topological polar surface area (TPSA) is 55.1 Å². The molecule has 2 aromatic rings. The van der Waals surface area contributed by atoms with Crippen LogP contribution in [0.15, 0.2) is 48.5 Å². The fourth-order valence-electron chi connectivity index (χ4n) is 1.57. The molecule has 3 nitrogen and oxygen atoms in total. The molecule has 0 aromatic heterocycles. The number of amides is 1. The number of anilines is 1. The van der Waals surface area contributed by atoms with Crippen molar-refractivity contribution in [3.8, 4) is 0 Å². The lowest BCUT2D eigenvalue weighted by atomic mass is 10.2. The summed E-state index contributed by atoms with van der Waals surface area (Å²) >= 11 is 0. The average Bonchev–Trinajstić information content (AvgIpc) is 2.37. The van der Waals surface area contributed by atoms with Crippen molar-refractivity contribution >= 4 is 11.6 Å². The van der Waals surface area contributed by atoms with Gasteiger partial charge in [0.2, 0.25) is 0 Å². The largest absolute Gasteiger partial charge is 0.399 e. The van der Waals surface area contributed by atoms with Crippen LogP contribution in [0, 0.1) is 5.82 Å².